The molecule has 0 N–H and O–H groups in total. The van der Waals surface area contributed by atoms with Crippen molar-refractivity contribution >= 4 is 0 Å². The summed E-state index contributed by atoms with van der Waals surface area (Å²) in [5, 5.41) is 0. The second-order valence-electron chi connectivity index (χ2n) is 11.0. The van der Waals surface area contributed by atoms with Gasteiger partial charge in [-0.3, -0.25) is 0 Å². The Bertz CT molecular complexity index is 303. The summed E-state index contributed by atoms with van der Waals surface area (Å²) in [6.07, 6.45) is 41.3. The standard InChI is InChI=1S/C32H66/c1-4-7-8-9-10-11-12-13-14-15-16-17-18-19-20-21-22-23-24-25-26-27-28-29-30-31-32(5-2)6-3/h32H,4-31H2,1-3H3. The molecule has 0 radical (unpaired) electrons. The Balaban J connectivity index is 3.04. The Hall–Kier alpha value is 0. The van der Waals surface area contributed by atoms with Gasteiger partial charge < -0.3 is 0 Å². The smallest absolute Gasteiger partial charge is 0.0420 e. The zero-order valence-electron chi connectivity index (χ0n) is 23.4. The first-order chi connectivity index (χ1) is 15.8. The molecule has 0 unspecified atom stereocenters. The molecular formula is C32H66. The summed E-state index contributed by atoms with van der Waals surface area (Å²) in [7, 11) is 0. The Morgan fingerprint density at radius 2 is 0.500 bits per heavy atom. The molecule has 0 aromatic carbocycles. The molecule has 32 heavy (non-hydrogen) atoms. The largest absolute Gasteiger partial charge is 0.0654 e. The van der Waals surface area contributed by atoms with Crippen LogP contribution < -0.4 is 0 Å². The van der Waals surface area contributed by atoms with Crippen molar-refractivity contribution in [2.24, 2.45) is 5.92 Å². The van der Waals surface area contributed by atoms with E-state index in [-0.39, 0.29) is 0 Å². The molecule has 0 aliphatic carbocycles. The highest BCUT2D eigenvalue weighted by Gasteiger charge is 2.02. The number of unbranched alkanes of at least 4 members (excludes halogenated alkanes) is 24. The van der Waals surface area contributed by atoms with Crippen molar-refractivity contribution in [3.8, 4) is 0 Å². The fourth-order valence-electron chi connectivity index (χ4n) is 5.27. The van der Waals surface area contributed by atoms with Crippen molar-refractivity contribution in [2.45, 2.75) is 201 Å². The van der Waals surface area contributed by atoms with Crippen LogP contribution in [0.5, 0.6) is 0 Å². The van der Waals surface area contributed by atoms with E-state index in [1.54, 1.807) is 0 Å². The highest BCUT2D eigenvalue weighted by molar-refractivity contribution is 4.56. The first-order valence-corrected chi connectivity index (χ1v) is 15.8. The molecule has 0 spiro atoms. The van der Waals surface area contributed by atoms with Gasteiger partial charge in [-0.05, 0) is 5.92 Å². The third-order valence-electron chi connectivity index (χ3n) is 7.87. The van der Waals surface area contributed by atoms with E-state index < -0.39 is 0 Å². The molecule has 0 rings (SSSR count). The van der Waals surface area contributed by atoms with Crippen LogP contribution in [0.4, 0.5) is 0 Å². The van der Waals surface area contributed by atoms with Gasteiger partial charge in [0.05, 0.1) is 0 Å². The Morgan fingerprint density at radius 3 is 0.719 bits per heavy atom. The highest BCUT2D eigenvalue weighted by Crippen LogP contribution is 2.18. The first-order valence-electron chi connectivity index (χ1n) is 15.8. The van der Waals surface area contributed by atoms with E-state index >= 15 is 0 Å². The molecule has 0 aromatic rings. The number of hydrogen-bond acceptors (Lipinski definition) is 0. The van der Waals surface area contributed by atoms with Crippen molar-refractivity contribution in [3.05, 3.63) is 0 Å². The lowest BCUT2D eigenvalue weighted by Gasteiger charge is -2.11. The molecule has 0 fully saturated rings. The molecule has 0 aromatic heterocycles. The van der Waals surface area contributed by atoms with Gasteiger partial charge in [-0.15, -0.1) is 0 Å². The van der Waals surface area contributed by atoms with Gasteiger partial charge in [0.15, 0.2) is 0 Å². The lowest BCUT2D eigenvalue weighted by Crippen LogP contribution is -1.96. The zero-order chi connectivity index (χ0) is 23.4. The summed E-state index contributed by atoms with van der Waals surface area (Å²) in [6, 6.07) is 0. The van der Waals surface area contributed by atoms with Gasteiger partial charge in [0.25, 0.3) is 0 Å². The molecule has 0 saturated heterocycles. The van der Waals surface area contributed by atoms with Crippen LogP contribution in [0.1, 0.15) is 201 Å². The van der Waals surface area contributed by atoms with E-state index in [0.29, 0.717) is 0 Å². The van der Waals surface area contributed by atoms with Crippen LogP contribution in [0.2, 0.25) is 0 Å². The number of hydrogen-bond donors (Lipinski definition) is 0. The predicted octanol–water partition coefficient (Wildman–Crippen LogP) is 12.6. The van der Waals surface area contributed by atoms with Crippen LogP contribution in [0.15, 0.2) is 0 Å². The SMILES string of the molecule is CCCCCCCCCCCCCCCCCCCCCCCCCCCC(CC)CC. The van der Waals surface area contributed by atoms with Gasteiger partial charge in [-0.25, -0.2) is 0 Å². The maximum atomic E-state index is 2.36. The third-order valence-corrected chi connectivity index (χ3v) is 7.87. The highest BCUT2D eigenvalue weighted by atomic mass is 14.1. The molecule has 0 heteroatoms. The van der Waals surface area contributed by atoms with E-state index in [1.165, 1.54) is 180 Å². The second kappa shape index (κ2) is 29.0. The Morgan fingerprint density at radius 1 is 0.281 bits per heavy atom. The van der Waals surface area contributed by atoms with Gasteiger partial charge >= 0.3 is 0 Å². The minimum Gasteiger partial charge on any atom is -0.0654 e. The summed E-state index contributed by atoms with van der Waals surface area (Å²) >= 11 is 0. The van der Waals surface area contributed by atoms with Crippen molar-refractivity contribution in [1.29, 1.82) is 0 Å². The van der Waals surface area contributed by atoms with Crippen molar-refractivity contribution in [2.75, 3.05) is 0 Å². The monoisotopic (exact) mass is 451 g/mol. The first kappa shape index (κ1) is 32.0. The molecular weight excluding hydrogens is 384 g/mol. The van der Waals surface area contributed by atoms with Crippen LogP contribution in [-0.4, -0.2) is 0 Å². The van der Waals surface area contributed by atoms with E-state index in [2.05, 4.69) is 20.8 Å². The lowest BCUT2D eigenvalue weighted by atomic mass is 9.95. The number of rotatable bonds is 28. The van der Waals surface area contributed by atoms with Gasteiger partial charge in [0.2, 0.25) is 0 Å². The van der Waals surface area contributed by atoms with E-state index in [1.807, 2.05) is 0 Å². The summed E-state index contributed by atoms with van der Waals surface area (Å²) in [4.78, 5) is 0. The van der Waals surface area contributed by atoms with Crippen LogP contribution in [0.25, 0.3) is 0 Å². The lowest BCUT2D eigenvalue weighted by molar-refractivity contribution is 0.426. The van der Waals surface area contributed by atoms with Gasteiger partial charge in [-0.1, -0.05) is 201 Å². The summed E-state index contributed by atoms with van der Waals surface area (Å²) in [6.45, 7) is 7.02. The fourth-order valence-corrected chi connectivity index (χ4v) is 5.27. The molecule has 0 nitrogen and oxygen atoms in total. The third kappa shape index (κ3) is 26.3. The van der Waals surface area contributed by atoms with Crippen LogP contribution in [0.3, 0.4) is 0 Å². The summed E-state index contributed by atoms with van der Waals surface area (Å²) in [5.41, 5.74) is 0. The topological polar surface area (TPSA) is 0 Å². The van der Waals surface area contributed by atoms with E-state index in [9.17, 15) is 0 Å². The molecule has 0 heterocycles. The fraction of sp³-hybridized carbons (Fsp3) is 1.00. The van der Waals surface area contributed by atoms with Crippen LogP contribution in [0, 0.1) is 5.92 Å². The molecule has 0 atom stereocenters. The van der Waals surface area contributed by atoms with Gasteiger partial charge in [-0.2, -0.15) is 0 Å². The Kier molecular flexibility index (Phi) is 29.0. The quantitative estimate of drug-likeness (QED) is 0.104. The molecule has 0 aliphatic rings. The van der Waals surface area contributed by atoms with Crippen LogP contribution >= 0.6 is 0 Å². The second-order valence-corrected chi connectivity index (χ2v) is 11.0. The predicted molar refractivity (Wildman–Crippen MR) is 150 cm³/mol. The molecule has 0 amide bonds. The average molecular weight is 451 g/mol. The van der Waals surface area contributed by atoms with Crippen molar-refractivity contribution in [1.82, 2.24) is 0 Å². The maximum absolute atomic E-state index is 2.36. The Labute approximate surface area is 206 Å². The van der Waals surface area contributed by atoms with Gasteiger partial charge in [0, 0.05) is 0 Å². The molecule has 194 valence electrons. The normalized spacial score (nSPS) is 11.6. The molecule has 0 aliphatic heterocycles. The molecule has 0 saturated carbocycles. The van der Waals surface area contributed by atoms with Crippen molar-refractivity contribution < 1.29 is 0 Å². The van der Waals surface area contributed by atoms with Crippen LogP contribution in [-0.2, 0) is 0 Å². The summed E-state index contributed by atoms with van der Waals surface area (Å²) in [5.74, 6) is 1.000. The van der Waals surface area contributed by atoms with E-state index in [0.717, 1.165) is 5.92 Å². The zero-order valence-corrected chi connectivity index (χ0v) is 23.4. The van der Waals surface area contributed by atoms with Gasteiger partial charge in [0.1, 0.15) is 0 Å². The average Bonchev–Trinajstić information content (AvgIpc) is 2.81. The van der Waals surface area contributed by atoms with Crippen molar-refractivity contribution in [3.63, 3.8) is 0 Å². The molecule has 0 bridgehead atoms. The van der Waals surface area contributed by atoms with E-state index in [4.69, 9.17) is 0 Å². The minimum absolute atomic E-state index is 1.000. The maximum Gasteiger partial charge on any atom is -0.0420 e. The summed E-state index contributed by atoms with van der Waals surface area (Å²) < 4.78 is 0. The minimum atomic E-state index is 1.000.